The Morgan fingerprint density at radius 1 is 1.44 bits per heavy atom. The van der Waals surface area contributed by atoms with Gasteiger partial charge in [-0.1, -0.05) is 24.6 Å². The van der Waals surface area contributed by atoms with Crippen LogP contribution in [0.4, 0.5) is 13.2 Å². The van der Waals surface area contributed by atoms with Gasteiger partial charge in [0.2, 0.25) is 0 Å². The third kappa shape index (κ3) is 2.90. The van der Waals surface area contributed by atoms with E-state index in [1.165, 1.54) is 12.1 Å². The van der Waals surface area contributed by atoms with Crippen molar-refractivity contribution in [3.63, 3.8) is 0 Å². The Morgan fingerprint density at radius 3 is 2.56 bits per heavy atom. The highest BCUT2D eigenvalue weighted by Gasteiger charge is 2.25. The summed E-state index contributed by atoms with van der Waals surface area (Å²) >= 11 is 8.66. The Bertz CT molecular complexity index is 373. The summed E-state index contributed by atoms with van der Waals surface area (Å²) in [5.41, 5.74) is -0.120. The molecule has 0 bridgehead atoms. The predicted molar refractivity (Wildman–Crippen MR) is 61.5 cm³/mol. The summed E-state index contributed by atoms with van der Waals surface area (Å²) in [7, 11) is 0. The molecule has 0 radical (unpaired) electrons. The van der Waals surface area contributed by atoms with E-state index >= 15 is 0 Å². The van der Waals surface area contributed by atoms with Crippen LogP contribution in [-0.2, 0) is 0 Å². The lowest BCUT2D eigenvalue weighted by Crippen LogP contribution is -2.28. The molecule has 1 nitrogen and oxygen atoms in total. The van der Waals surface area contributed by atoms with Gasteiger partial charge < -0.3 is 5.32 Å². The van der Waals surface area contributed by atoms with E-state index < -0.39 is 18.3 Å². The summed E-state index contributed by atoms with van der Waals surface area (Å²) in [5.74, 6) is -0.817. The lowest BCUT2D eigenvalue weighted by atomic mass is 10.1. The Hall–Kier alpha value is -0.260. The van der Waals surface area contributed by atoms with Crippen LogP contribution in [0.3, 0.4) is 0 Å². The molecule has 0 fully saturated rings. The normalized spacial score (nSPS) is 13.2. The minimum atomic E-state index is -2.69. The van der Waals surface area contributed by atoms with E-state index in [1.54, 1.807) is 6.92 Å². The number of halogens is 5. The molecule has 6 heteroatoms. The number of hydrogen-bond acceptors (Lipinski definition) is 1. The largest absolute Gasteiger partial charge is 0.305 e. The van der Waals surface area contributed by atoms with E-state index in [4.69, 9.17) is 11.6 Å². The smallest absolute Gasteiger partial charge is 0.257 e. The van der Waals surface area contributed by atoms with Crippen LogP contribution in [0.25, 0.3) is 0 Å². The summed E-state index contributed by atoms with van der Waals surface area (Å²) in [6.07, 6.45) is -2.69. The molecular formula is C10H10BrClF3N. The van der Waals surface area contributed by atoms with Crippen LogP contribution >= 0.6 is 27.5 Å². The first kappa shape index (κ1) is 13.8. The van der Waals surface area contributed by atoms with E-state index in [0.717, 1.165) is 0 Å². The van der Waals surface area contributed by atoms with Gasteiger partial charge >= 0.3 is 0 Å². The molecule has 0 aromatic heterocycles. The van der Waals surface area contributed by atoms with Crippen LogP contribution in [0.2, 0.25) is 5.02 Å². The zero-order valence-electron chi connectivity index (χ0n) is 8.41. The fourth-order valence-electron chi connectivity index (χ4n) is 1.34. The second-order valence-electron chi connectivity index (χ2n) is 3.13. The van der Waals surface area contributed by atoms with Crippen molar-refractivity contribution in [3.05, 3.63) is 33.0 Å². The van der Waals surface area contributed by atoms with Gasteiger partial charge in [0.05, 0.1) is 11.1 Å². The van der Waals surface area contributed by atoms with E-state index in [9.17, 15) is 13.2 Å². The third-order valence-corrected chi connectivity index (χ3v) is 3.33. The molecule has 0 heterocycles. The van der Waals surface area contributed by atoms with Crippen LogP contribution < -0.4 is 5.32 Å². The Labute approximate surface area is 105 Å². The first-order chi connectivity index (χ1) is 7.49. The molecule has 0 saturated carbocycles. The molecule has 0 aliphatic heterocycles. The first-order valence-corrected chi connectivity index (χ1v) is 5.81. The lowest BCUT2D eigenvalue weighted by Gasteiger charge is -2.18. The van der Waals surface area contributed by atoms with Crippen molar-refractivity contribution >= 4 is 27.5 Å². The van der Waals surface area contributed by atoms with Crippen LogP contribution in [0.5, 0.6) is 0 Å². The molecule has 0 saturated heterocycles. The fraction of sp³-hybridized carbons (Fsp3) is 0.400. The number of nitrogens with one attached hydrogen (secondary N) is 1. The van der Waals surface area contributed by atoms with Gasteiger partial charge in [-0.05, 0) is 28.5 Å². The zero-order chi connectivity index (χ0) is 12.3. The van der Waals surface area contributed by atoms with Crippen molar-refractivity contribution < 1.29 is 13.2 Å². The maximum absolute atomic E-state index is 13.7. The Balaban J connectivity index is 3.15. The Kier molecular flexibility index (Phi) is 5.08. The van der Waals surface area contributed by atoms with Gasteiger partial charge in [0, 0.05) is 10.0 Å². The van der Waals surface area contributed by atoms with E-state index in [0.29, 0.717) is 11.0 Å². The minimum absolute atomic E-state index is 0.120. The quantitative estimate of drug-likeness (QED) is 0.823. The number of rotatable bonds is 4. The Morgan fingerprint density at radius 2 is 2.06 bits per heavy atom. The molecule has 1 unspecified atom stereocenters. The highest BCUT2D eigenvalue weighted by Crippen LogP contribution is 2.32. The van der Waals surface area contributed by atoms with Crippen molar-refractivity contribution in [2.24, 2.45) is 0 Å². The van der Waals surface area contributed by atoms with Crippen molar-refractivity contribution in [3.8, 4) is 0 Å². The van der Waals surface area contributed by atoms with Crippen LogP contribution in [-0.4, -0.2) is 13.0 Å². The molecule has 0 aliphatic rings. The van der Waals surface area contributed by atoms with Crippen LogP contribution in [0.1, 0.15) is 18.5 Å². The van der Waals surface area contributed by atoms with Crippen molar-refractivity contribution in [2.75, 3.05) is 6.54 Å². The lowest BCUT2D eigenvalue weighted by molar-refractivity contribution is 0.0975. The van der Waals surface area contributed by atoms with E-state index in [-0.39, 0.29) is 10.6 Å². The molecule has 90 valence electrons. The standard InChI is InChI=1S/C10H10BrClF3N/c1-2-16-9(10(14)15)5-3-4-6(11)7(12)8(5)13/h3-4,9-10,16H,2H2,1H3. The van der Waals surface area contributed by atoms with Crippen molar-refractivity contribution in [1.82, 2.24) is 5.32 Å². The first-order valence-electron chi connectivity index (χ1n) is 4.64. The summed E-state index contributed by atoms with van der Waals surface area (Å²) < 4.78 is 39.4. The molecule has 1 rings (SSSR count). The maximum Gasteiger partial charge on any atom is 0.257 e. The molecule has 1 aromatic carbocycles. The van der Waals surface area contributed by atoms with E-state index in [1.807, 2.05) is 0 Å². The molecule has 1 aromatic rings. The van der Waals surface area contributed by atoms with Crippen molar-refractivity contribution in [1.29, 1.82) is 0 Å². The second-order valence-corrected chi connectivity index (χ2v) is 4.37. The number of alkyl halides is 2. The summed E-state index contributed by atoms with van der Waals surface area (Å²) in [5, 5.41) is 2.34. The zero-order valence-corrected chi connectivity index (χ0v) is 10.7. The monoisotopic (exact) mass is 315 g/mol. The average molecular weight is 317 g/mol. The predicted octanol–water partition coefficient (Wildman–Crippen LogP) is 4.16. The fourth-order valence-corrected chi connectivity index (χ4v) is 1.81. The van der Waals surface area contributed by atoms with Gasteiger partial charge in [-0.25, -0.2) is 13.2 Å². The molecule has 0 amide bonds. The van der Waals surface area contributed by atoms with Crippen LogP contribution in [0.15, 0.2) is 16.6 Å². The highest BCUT2D eigenvalue weighted by molar-refractivity contribution is 9.10. The van der Waals surface area contributed by atoms with Gasteiger partial charge in [-0.2, -0.15) is 0 Å². The van der Waals surface area contributed by atoms with Gasteiger partial charge in [0.25, 0.3) is 6.43 Å². The summed E-state index contributed by atoms with van der Waals surface area (Å²) in [6.45, 7) is 2.00. The van der Waals surface area contributed by atoms with E-state index in [2.05, 4.69) is 21.2 Å². The van der Waals surface area contributed by atoms with Gasteiger partial charge in [0.15, 0.2) is 0 Å². The molecule has 0 aliphatic carbocycles. The van der Waals surface area contributed by atoms with Crippen molar-refractivity contribution in [2.45, 2.75) is 19.4 Å². The summed E-state index contributed by atoms with van der Waals surface area (Å²) in [4.78, 5) is 0. The SMILES string of the molecule is CCNC(c1ccc(Br)c(Cl)c1F)C(F)F. The third-order valence-electron chi connectivity index (χ3n) is 2.08. The molecule has 1 N–H and O–H groups in total. The summed E-state index contributed by atoms with van der Waals surface area (Å²) in [6, 6.07) is 1.41. The van der Waals surface area contributed by atoms with Gasteiger partial charge in [0.1, 0.15) is 5.82 Å². The van der Waals surface area contributed by atoms with Gasteiger partial charge in [-0.15, -0.1) is 0 Å². The molecule has 16 heavy (non-hydrogen) atoms. The average Bonchev–Trinajstić information content (AvgIpc) is 2.24. The topological polar surface area (TPSA) is 12.0 Å². The molecule has 1 atom stereocenters. The molecule has 0 spiro atoms. The van der Waals surface area contributed by atoms with Gasteiger partial charge in [-0.3, -0.25) is 0 Å². The second kappa shape index (κ2) is 5.89. The maximum atomic E-state index is 13.7. The number of hydrogen-bond donors (Lipinski definition) is 1. The number of benzene rings is 1. The minimum Gasteiger partial charge on any atom is -0.305 e. The molecular weight excluding hydrogens is 306 g/mol. The van der Waals surface area contributed by atoms with Crippen LogP contribution in [0, 0.1) is 5.82 Å². The highest BCUT2D eigenvalue weighted by atomic mass is 79.9.